The molecule has 0 fully saturated rings. The molecule has 0 unspecified atom stereocenters. The van der Waals surface area contributed by atoms with Crippen LogP contribution in [0.3, 0.4) is 0 Å². The van der Waals surface area contributed by atoms with Gasteiger partial charge in [-0.25, -0.2) is 9.79 Å². The molecule has 0 spiro atoms. The minimum atomic E-state index is -0.805. The van der Waals surface area contributed by atoms with E-state index in [0.717, 1.165) is 27.7 Å². The van der Waals surface area contributed by atoms with Crippen LogP contribution >= 0.6 is 11.3 Å². The van der Waals surface area contributed by atoms with Gasteiger partial charge in [-0.3, -0.25) is 19.5 Å². The van der Waals surface area contributed by atoms with Crippen LogP contribution in [0.5, 0.6) is 11.5 Å². The Labute approximate surface area is 224 Å². The second kappa shape index (κ2) is 9.52. The molecule has 3 heterocycles. The van der Waals surface area contributed by atoms with Gasteiger partial charge >= 0.3 is 5.97 Å². The van der Waals surface area contributed by atoms with E-state index in [1.54, 1.807) is 13.8 Å². The second-order valence-electron chi connectivity index (χ2n) is 8.89. The van der Waals surface area contributed by atoms with Crippen molar-refractivity contribution in [1.82, 2.24) is 4.57 Å². The number of esters is 1. The first-order chi connectivity index (χ1) is 18.9. The highest BCUT2D eigenvalue weighted by molar-refractivity contribution is 7.07. The monoisotopic (exact) mass is 543 g/mol. The summed E-state index contributed by atoms with van der Waals surface area (Å²) in [5, 5.41) is 13.6. The summed E-state index contributed by atoms with van der Waals surface area (Å²) < 4.78 is 17.7. The van der Waals surface area contributed by atoms with Crippen LogP contribution in [0.4, 0.5) is 5.69 Å². The van der Waals surface area contributed by atoms with Gasteiger partial charge in [-0.15, -0.1) is 0 Å². The summed E-state index contributed by atoms with van der Waals surface area (Å²) in [5.74, 6) is 0.0667. The van der Waals surface area contributed by atoms with E-state index >= 15 is 0 Å². The average molecular weight is 544 g/mol. The highest BCUT2D eigenvalue weighted by atomic mass is 32.1. The fourth-order valence-corrected chi connectivity index (χ4v) is 5.97. The molecule has 0 radical (unpaired) electrons. The number of carbonyl (C=O) groups is 1. The quantitative estimate of drug-likeness (QED) is 0.214. The fourth-order valence-electron chi connectivity index (χ4n) is 4.94. The SMILES string of the molecule is CCOC(=O)C1=C(C)N=c2s/c(=C\c3cc4c(cc3[N+](=O)[O-])OCO4)c(=O)n2[C@H]1c1cccc2ccccc12. The lowest BCUT2D eigenvalue weighted by Gasteiger charge is -2.25. The van der Waals surface area contributed by atoms with Crippen molar-refractivity contribution in [2.75, 3.05) is 13.4 Å². The Morgan fingerprint density at radius 2 is 1.95 bits per heavy atom. The van der Waals surface area contributed by atoms with Crippen LogP contribution in [-0.2, 0) is 9.53 Å². The maximum Gasteiger partial charge on any atom is 0.338 e. The molecule has 11 heteroatoms. The van der Waals surface area contributed by atoms with Gasteiger partial charge in [0.1, 0.15) is 0 Å². The maximum absolute atomic E-state index is 14.0. The number of rotatable bonds is 5. The van der Waals surface area contributed by atoms with Gasteiger partial charge in [0.2, 0.25) is 6.79 Å². The van der Waals surface area contributed by atoms with Crippen LogP contribution in [0.1, 0.15) is 31.0 Å². The molecule has 0 aliphatic carbocycles. The normalized spacial score (nSPS) is 16.3. The van der Waals surface area contributed by atoms with Crippen molar-refractivity contribution in [2.24, 2.45) is 4.99 Å². The fraction of sp³-hybridized carbons (Fsp3) is 0.179. The van der Waals surface area contributed by atoms with Crippen molar-refractivity contribution < 1.29 is 23.9 Å². The number of allylic oxidation sites excluding steroid dienone is 1. The molecular formula is C28H21N3O7S. The average Bonchev–Trinajstić information content (AvgIpc) is 3.50. The molecule has 0 saturated heterocycles. The number of nitro benzene ring substituents is 1. The molecule has 6 rings (SSSR count). The summed E-state index contributed by atoms with van der Waals surface area (Å²) in [4.78, 5) is 43.4. The smallest absolute Gasteiger partial charge is 0.338 e. The van der Waals surface area contributed by atoms with Gasteiger partial charge in [-0.05, 0) is 42.3 Å². The molecule has 0 bridgehead atoms. The molecular weight excluding hydrogens is 522 g/mol. The van der Waals surface area contributed by atoms with Crippen LogP contribution in [-0.4, -0.2) is 28.9 Å². The van der Waals surface area contributed by atoms with E-state index in [-0.39, 0.29) is 40.5 Å². The number of carbonyl (C=O) groups excluding carboxylic acids is 1. The Morgan fingerprint density at radius 3 is 2.72 bits per heavy atom. The molecule has 196 valence electrons. The van der Waals surface area contributed by atoms with Crippen LogP contribution in [0.25, 0.3) is 16.8 Å². The van der Waals surface area contributed by atoms with Gasteiger partial charge in [0.05, 0.1) is 45.0 Å². The molecule has 1 aromatic heterocycles. The van der Waals surface area contributed by atoms with E-state index in [0.29, 0.717) is 16.2 Å². The molecule has 2 aliphatic rings. The molecule has 4 aromatic rings. The van der Waals surface area contributed by atoms with Gasteiger partial charge in [0.15, 0.2) is 16.3 Å². The highest BCUT2D eigenvalue weighted by Crippen LogP contribution is 2.38. The first kappa shape index (κ1) is 24.6. The van der Waals surface area contributed by atoms with Gasteiger partial charge in [0, 0.05) is 0 Å². The lowest BCUT2D eigenvalue weighted by Crippen LogP contribution is -2.40. The number of ether oxygens (including phenoxy) is 3. The topological polar surface area (TPSA) is 122 Å². The van der Waals surface area contributed by atoms with Crippen molar-refractivity contribution in [3.63, 3.8) is 0 Å². The van der Waals surface area contributed by atoms with Gasteiger partial charge in [-0.1, -0.05) is 53.8 Å². The molecule has 1 atom stereocenters. The second-order valence-corrected chi connectivity index (χ2v) is 9.90. The van der Waals surface area contributed by atoms with E-state index in [4.69, 9.17) is 14.2 Å². The number of nitrogens with zero attached hydrogens (tertiary/aromatic N) is 3. The summed E-state index contributed by atoms with van der Waals surface area (Å²) in [5.41, 5.74) is 0.983. The molecule has 0 amide bonds. The van der Waals surface area contributed by atoms with Crippen molar-refractivity contribution in [3.8, 4) is 11.5 Å². The van der Waals surface area contributed by atoms with Crippen LogP contribution < -0.4 is 24.4 Å². The van der Waals surface area contributed by atoms with Crippen LogP contribution in [0, 0.1) is 10.1 Å². The van der Waals surface area contributed by atoms with Crippen molar-refractivity contribution in [2.45, 2.75) is 19.9 Å². The molecule has 0 saturated carbocycles. The molecule has 3 aromatic carbocycles. The Kier molecular flexibility index (Phi) is 5.99. The van der Waals surface area contributed by atoms with Crippen molar-refractivity contribution in [1.29, 1.82) is 0 Å². The van der Waals surface area contributed by atoms with E-state index in [2.05, 4.69) is 4.99 Å². The number of nitro groups is 1. The summed E-state index contributed by atoms with van der Waals surface area (Å²) in [7, 11) is 0. The van der Waals surface area contributed by atoms with Crippen LogP contribution in [0.2, 0.25) is 0 Å². The van der Waals surface area contributed by atoms with E-state index in [1.165, 1.54) is 22.8 Å². The minimum absolute atomic E-state index is 0.0426. The summed E-state index contributed by atoms with van der Waals surface area (Å²) in [6.45, 7) is 3.55. The zero-order valence-electron chi connectivity index (χ0n) is 20.9. The lowest BCUT2D eigenvalue weighted by molar-refractivity contribution is -0.385. The zero-order chi connectivity index (χ0) is 27.3. The standard InChI is InChI=1S/C28H21N3O7S/c1-3-36-27(33)24-15(2)29-28-30(25(24)19-10-6-8-16-7-4-5-9-18(16)19)26(32)23(39-28)12-17-11-21-22(38-14-37-21)13-20(17)31(34)35/h4-13,25H,3,14H2,1-2H3/b23-12-/t25-/m0/s1. The third-order valence-electron chi connectivity index (χ3n) is 6.64. The third-order valence-corrected chi connectivity index (χ3v) is 7.62. The number of hydrogen-bond acceptors (Lipinski definition) is 9. The van der Waals surface area contributed by atoms with Gasteiger partial charge in [-0.2, -0.15) is 0 Å². The lowest BCUT2D eigenvalue weighted by atomic mass is 9.91. The maximum atomic E-state index is 14.0. The van der Waals surface area contributed by atoms with E-state index < -0.39 is 22.5 Å². The van der Waals surface area contributed by atoms with Crippen LogP contribution in [0.15, 0.2) is 75.7 Å². The van der Waals surface area contributed by atoms with Gasteiger partial charge in [0.25, 0.3) is 11.2 Å². The molecule has 0 N–H and O–H groups in total. The number of fused-ring (bicyclic) bond motifs is 3. The summed E-state index contributed by atoms with van der Waals surface area (Å²) in [6.07, 6.45) is 1.45. The van der Waals surface area contributed by atoms with Gasteiger partial charge < -0.3 is 14.2 Å². The molecule has 2 aliphatic heterocycles. The number of aromatic nitrogens is 1. The molecule has 39 heavy (non-hydrogen) atoms. The summed E-state index contributed by atoms with van der Waals surface area (Å²) in [6, 6.07) is 15.4. The first-order valence-corrected chi connectivity index (χ1v) is 12.9. The van der Waals surface area contributed by atoms with E-state index in [9.17, 15) is 19.7 Å². The number of hydrogen-bond donors (Lipinski definition) is 0. The predicted octanol–water partition coefficient (Wildman–Crippen LogP) is 3.59. The zero-order valence-corrected chi connectivity index (χ0v) is 21.7. The number of thiazole rings is 1. The Bertz CT molecular complexity index is 1900. The van der Waals surface area contributed by atoms with Crippen molar-refractivity contribution in [3.05, 3.63) is 107 Å². The van der Waals surface area contributed by atoms with Crippen molar-refractivity contribution >= 4 is 39.8 Å². The number of benzene rings is 3. The minimum Gasteiger partial charge on any atom is -0.463 e. The summed E-state index contributed by atoms with van der Waals surface area (Å²) >= 11 is 1.09. The molecule has 10 nitrogen and oxygen atoms in total. The highest BCUT2D eigenvalue weighted by Gasteiger charge is 2.34. The predicted molar refractivity (Wildman–Crippen MR) is 144 cm³/mol. The Morgan fingerprint density at radius 1 is 1.21 bits per heavy atom. The largest absolute Gasteiger partial charge is 0.463 e. The Hall–Kier alpha value is -4.77. The Balaban J connectivity index is 1.62. The third kappa shape index (κ3) is 4.07. The van der Waals surface area contributed by atoms with E-state index in [1.807, 2.05) is 42.5 Å². The first-order valence-electron chi connectivity index (χ1n) is 12.1.